The first-order valence-corrected chi connectivity index (χ1v) is 4.95. The first-order chi connectivity index (χ1) is 7.69. The Morgan fingerprint density at radius 3 is 2.94 bits per heavy atom. The monoisotopic (exact) mass is 239 g/mol. The van der Waals surface area contributed by atoms with Gasteiger partial charge < -0.3 is 15.0 Å². The van der Waals surface area contributed by atoms with E-state index in [-0.39, 0.29) is 0 Å². The molecule has 0 aliphatic heterocycles. The van der Waals surface area contributed by atoms with Crippen molar-refractivity contribution in [3.63, 3.8) is 0 Å². The second-order valence-corrected chi connectivity index (χ2v) is 3.66. The number of benzene rings is 1. The zero-order valence-corrected chi connectivity index (χ0v) is 9.36. The number of nitrogens with zero attached hydrogens (tertiary/aromatic N) is 2. The first kappa shape index (κ1) is 10.9. The van der Waals surface area contributed by atoms with Gasteiger partial charge in [-0.1, -0.05) is 16.8 Å². The molecule has 16 heavy (non-hydrogen) atoms. The van der Waals surface area contributed by atoms with Gasteiger partial charge >= 0.3 is 0 Å². The minimum Gasteiger partial charge on any atom is -0.399 e. The molecular weight excluding hydrogens is 230 g/mol. The van der Waals surface area contributed by atoms with Crippen LogP contribution in [0.15, 0.2) is 22.7 Å². The van der Waals surface area contributed by atoms with E-state index >= 15 is 0 Å². The van der Waals surface area contributed by atoms with Crippen LogP contribution in [0.5, 0.6) is 0 Å². The second-order valence-electron chi connectivity index (χ2n) is 3.22. The van der Waals surface area contributed by atoms with Crippen molar-refractivity contribution < 1.29 is 9.26 Å². The molecule has 2 aromatic rings. The van der Waals surface area contributed by atoms with Gasteiger partial charge in [0.25, 0.3) is 5.89 Å². The van der Waals surface area contributed by atoms with Crippen molar-refractivity contribution in [2.24, 2.45) is 0 Å². The standard InChI is InChI=1S/C10H10ClN3O2/c1-15-5-9-13-10(16-14-9)6-2-7(11)4-8(12)3-6/h2-4H,5,12H2,1H3. The maximum atomic E-state index is 5.87. The predicted molar refractivity (Wildman–Crippen MR) is 59.9 cm³/mol. The molecule has 0 saturated heterocycles. The summed E-state index contributed by atoms with van der Waals surface area (Å²) in [6.45, 7) is 0.305. The molecule has 0 aliphatic rings. The normalized spacial score (nSPS) is 10.6. The molecule has 2 rings (SSSR count). The maximum Gasteiger partial charge on any atom is 0.258 e. The van der Waals surface area contributed by atoms with E-state index in [1.807, 2.05) is 0 Å². The SMILES string of the molecule is COCc1noc(-c2cc(N)cc(Cl)c2)n1. The van der Waals surface area contributed by atoms with Crippen molar-refractivity contribution in [1.82, 2.24) is 10.1 Å². The van der Waals surface area contributed by atoms with Crippen molar-refractivity contribution in [3.05, 3.63) is 29.0 Å². The van der Waals surface area contributed by atoms with Crippen LogP contribution in [0.3, 0.4) is 0 Å². The summed E-state index contributed by atoms with van der Waals surface area (Å²) in [4.78, 5) is 4.14. The summed E-state index contributed by atoms with van der Waals surface area (Å²) in [5, 5.41) is 4.28. The Labute approximate surface area is 97.2 Å². The van der Waals surface area contributed by atoms with Crippen LogP contribution in [0.25, 0.3) is 11.5 Å². The van der Waals surface area contributed by atoms with Crippen molar-refractivity contribution in [1.29, 1.82) is 0 Å². The lowest BCUT2D eigenvalue weighted by Crippen LogP contribution is -1.90. The van der Waals surface area contributed by atoms with Gasteiger partial charge in [0.1, 0.15) is 6.61 Å². The molecule has 0 unspecified atom stereocenters. The fourth-order valence-electron chi connectivity index (χ4n) is 1.29. The fourth-order valence-corrected chi connectivity index (χ4v) is 1.54. The van der Waals surface area contributed by atoms with Gasteiger partial charge in [-0.2, -0.15) is 4.98 Å². The van der Waals surface area contributed by atoms with Gasteiger partial charge in [0.2, 0.25) is 0 Å². The average molecular weight is 240 g/mol. The molecule has 6 heteroatoms. The third-order valence-corrected chi connectivity index (χ3v) is 2.13. The highest BCUT2D eigenvalue weighted by molar-refractivity contribution is 6.31. The van der Waals surface area contributed by atoms with Crippen molar-refractivity contribution in [2.45, 2.75) is 6.61 Å². The lowest BCUT2D eigenvalue weighted by Gasteiger charge is -1.98. The van der Waals surface area contributed by atoms with E-state index in [1.54, 1.807) is 25.3 Å². The molecule has 1 aromatic heterocycles. The van der Waals surface area contributed by atoms with Gasteiger partial charge in [-0.25, -0.2) is 0 Å². The number of aromatic nitrogens is 2. The molecule has 0 amide bonds. The number of nitrogens with two attached hydrogens (primary N) is 1. The van der Waals surface area contributed by atoms with Crippen LogP contribution in [0, 0.1) is 0 Å². The Morgan fingerprint density at radius 2 is 2.25 bits per heavy atom. The highest BCUT2D eigenvalue weighted by atomic mass is 35.5. The average Bonchev–Trinajstić information content (AvgIpc) is 2.65. The van der Waals surface area contributed by atoms with E-state index in [1.165, 1.54) is 0 Å². The Kier molecular flexibility index (Phi) is 3.07. The highest BCUT2D eigenvalue weighted by Crippen LogP contribution is 2.24. The van der Waals surface area contributed by atoms with E-state index in [9.17, 15) is 0 Å². The Hall–Kier alpha value is -1.59. The number of methoxy groups -OCH3 is 1. The summed E-state index contributed by atoms with van der Waals surface area (Å²) in [6, 6.07) is 5.08. The highest BCUT2D eigenvalue weighted by Gasteiger charge is 2.09. The van der Waals surface area contributed by atoms with Gasteiger partial charge in [-0.3, -0.25) is 0 Å². The Bertz CT molecular complexity index is 478. The van der Waals surface area contributed by atoms with Crippen molar-refractivity contribution >= 4 is 17.3 Å². The molecule has 0 aliphatic carbocycles. The second kappa shape index (κ2) is 4.51. The summed E-state index contributed by atoms with van der Waals surface area (Å²) >= 11 is 5.87. The lowest BCUT2D eigenvalue weighted by atomic mass is 10.2. The summed E-state index contributed by atoms with van der Waals surface area (Å²) in [7, 11) is 1.56. The number of hydrogen-bond acceptors (Lipinski definition) is 5. The van der Waals surface area contributed by atoms with Gasteiger partial charge in [0.05, 0.1) is 0 Å². The van der Waals surface area contributed by atoms with Crippen LogP contribution in [0.4, 0.5) is 5.69 Å². The molecule has 0 bridgehead atoms. The molecule has 0 fully saturated rings. The molecule has 0 atom stereocenters. The molecule has 1 aromatic carbocycles. The van der Waals surface area contributed by atoms with Crippen LogP contribution >= 0.6 is 11.6 Å². The van der Waals surface area contributed by atoms with Crippen LogP contribution in [-0.2, 0) is 11.3 Å². The molecule has 0 saturated carbocycles. The summed E-state index contributed by atoms with van der Waals surface area (Å²) in [6.07, 6.45) is 0. The Balaban J connectivity index is 2.34. The largest absolute Gasteiger partial charge is 0.399 e. The van der Waals surface area contributed by atoms with E-state index in [0.29, 0.717) is 34.6 Å². The summed E-state index contributed by atoms with van der Waals surface area (Å²) in [5.41, 5.74) is 6.91. The van der Waals surface area contributed by atoms with Crippen LogP contribution < -0.4 is 5.73 Å². The Morgan fingerprint density at radius 1 is 1.44 bits per heavy atom. The molecule has 5 nitrogen and oxygen atoms in total. The number of anilines is 1. The van der Waals surface area contributed by atoms with Crippen LogP contribution in [0.1, 0.15) is 5.82 Å². The van der Waals surface area contributed by atoms with Crippen molar-refractivity contribution in [2.75, 3.05) is 12.8 Å². The fraction of sp³-hybridized carbons (Fsp3) is 0.200. The summed E-state index contributed by atoms with van der Waals surface area (Å²) in [5.74, 6) is 0.859. The van der Waals surface area contributed by atoms with Crippen LogP contribution in [0.2, 0.25) is 5.02 Å². The van der Waals surface area contributed by atoms with Crippen molar-refractivity contribution in [3.8, 4) is 11.5 Å². The van der Waals surface area contributed by atoms with Gasteiger partial charge in [0.15, 0.2) is 5.82 Å². The number of nitrogen functional groups attached to an aromatic ring is 1. The van der Waals surface area contributed by atoms with Crippen LogP contribution in [-0.4, -0.2) is 17.3 Å². The third kappa shape index (κ3) is 2.32. The van der Waals surface area contributed by atoms with E-state index in [0.717, 1.165) is 0 Å². The maximum absolute atomic E-state index is 5.87. The predicted octanol–water partition coefficient (Wildman–Crippen LogP) is 2.12. The van der Waals surface area contributed by atoms with E-state index in [4.69, 9.17) is 26.6 Å². The molecule has 1 heterocycles. The number of rotatable bonds is 3. The van der Waals surface area contributed by atoms with E-state index < -0.39 is 0 Å². The molecule has 84 valence electrons. The first-order valence-electron chi connectivity index (χ1n) is 4.57. The van der Waals surface area contributed by atoms with Gasteiger partial charge in [0, 0.05) is 23.4 Å². The third-order valence-electron chi connectivity index (χ3n) is 1.91. The molecule has 0 radical (unpaired) electrons. The molecular formula is C10H10ClN3O2. The number of halogens is 1. The number of ether oxygens (including phenoxy) is 1. The lowest BCUT2D eigenvalue weighted by molar-refractivity contribution is 0.174. The van der Waals surface area contributed by atoms with Gasteiger partial charge in [-0.05, 0) is 18.2 Å². The zero-order valence-electron chi connectivity index (χ0n) is 8.61. The number of hydrogen-bond donors (Lipinski definition) is 1. The summed E-state index contributed by atoms with van der Waals surface area (Å²) < 4.78 is 9.95. The molecule has 2 N–H and O–H groups in total. The minimum absolute atomic E-state index is 0.305. The topological polar surface area (TPSA) is 74.2 Å². The molecule has 0 spiro atoms. The van der Waals surface area contributed by atoms with Gasteiger partial charge in [-0.15, -0.1) is 0 Å². The van der Waals surface area contributed by atoms with E-state index in [2.05, 4.69) is 10.1 Å². The zero-order chi connectivity index (χ0) is 11.5. The minimum atomic E-state index is 0.305. The smallest absolute Gasteiger partial charge is 0.258 e. The quantitative estimate of drug-likeness (QED) is 0.831.